The maximum atomic E-state index is 6.07. The summed E-state index contributed by atoms with van der Waals surface area (Å²) in [7, 11) is 0. The molecule has 4 rings (SSSR count). The molecule has 1 aromatic heterocycles. The van der Waals surface area contributed by atoms with E-state index in [1.54, 1.807) is 0 Å². The van der Waals surface area contributed by atoms with E-state index in [0.717, 1.165) is 59.3 Å². The Hall–Kier alpha value is -2.46. The van der Waals surface area contributed by atoms with E-state index in [-0.39, 0.29) is 0 Å². The van der Waals surface area contributed by atoms with Gasteiger partial charge in [-0.1, -0.05) is 35.9 Å². The van der Waals surface area contributed by atoms with Crippen LogP contribution in [0.2, 0.25) is 5.02 Å². The number of anilines is 1. The SMILES string of the molecule is CCOc1ccccc1-n1nc(-c2ccc(Cl)cc2)c2c1NCCCC2. The highest BCUT2D eigenvalue weighted by Crippen LogP contribution is 2.36. The van der Waals surface area contributed by atoms with E-state index in [0.29, 0.717) is 6.61 Å². The van der Waals surface area contributed by atoms with Gasteiger partial charge in [-0.15, -0.1) is 0 Å². The number of benzene rings is 2. The molecule has 4 nitrogen and oxygen atoms in total. The summed E-state index contributed by atoms with van der Waals surface area (Å²) in [6, 6.07) is 16.0. The Morgan fingerprint density at radius 3 is 2.73 bits per heavy atom. The van der Waals surface area contributed by atoms with Crippen molar-refractivity contribution in [2.24, 2.45) is 0 Å². The second-order valence-electron chi connectivity index (χ2n) is 6.38. The third-order valence-electron chi connectivity index (χ3n) is 4.64. The van der Waals surface area contributed by atoms with Gasteiger partial charge in [0, 0.05) is 22.7 Å². The maximum Gasteiger partial charge on any atom is 0.145 e. The van der Waals surface area contributed by atoms with E-state index in [1.807, 2.05) is 54.1 Å². The van der Waals surface area contributed by atoms with Crippen molar-refractivity contribution < 1.29 is 4.74 Å². The molecule has 3 aromatic rings. The maximum absolute atomic E-state index is 6.07. The van der Waals surface area contributed by atoms with Crippen LogP contribution in [0.1, 0.15) is 25.3 Å². The minimum Gasteiger partial charge on any atom is -0.492 e. The lowest BCUT2D eigenvalue weighted by molar-refractivity contribution is 0.338. The van der Waals surface area contributed by atoms with Crippen LogP contribution in [0, 0.1) is 0 Å². The number of halogens is 1. The van der Waals surface area contributed by atoms with Crippen molar-refractivity contribution in [1.82, 2.24) is 9.78 Å². The van der Waals surface area contributed by atoms with Crippen LogP contribution in [0.3, 0.4) is 0 Å². The third-order valence-corrected chi connectivity index (χ3v) is 4.89. The van der Waals surface area contributed by atoms with Crippen molar-refractivity contribution in [3.8, 4) is 22.7 Å². The zero-order valence-corrected chi connectivity index (χ0v) is 15.6. The van der Waals surface area contributed by atoms with Crippen LogP contribution in [0.4, 0.5) is 5.82 Å². The molecule has 2 aromatic carbocycles. The standard InChI is InChI=1S/C21H22ClN3O/c1-2-26-19-9-4-3-8-18(19)25-21-17(7-5-6-14-23-21)20(24-25)15-10-12-16(22)13-11-15/h3-4,8-13,23H,2,5-7,14H2,1H3. The van der Waals surface area contributed by atoms with Crippen molar-refractivity contribution in [2.45, 2.75) is 26.2 Å². The van der Waals surface area contributed by atoms with Crippen molar-refractivity contribution >= 4 is 17.4 Å². The minimum atomic E-state index is 0.623. The molecule has 1 aliphatic rings. The minimum absolute atomic E-state index is 0.623. The van der Waals surface area contributed by atoms with Gasteiger partial charge in [0.05, 0.1) is 12.3 Å². The smallest absolute Gasteiger partial charge is 0.145 e. The van der Waals surface area contributed by atoms with Crippen molar-refractivity contribution in [3.05, 3.63) is 59.1 Å². The van der Waals surface area contributed by atoms with Gasteiger partial charge in [0.1, 0.15) is 17.3 Å². The number of nitrogens with one attached hydrogen (secondary N) is 1. The van der Waals surface area contributed by atoms with Crippen LogP contribution >= 0.6 is 11.6 Å². The second kappa shape index (κ2) is 7.42. The lowest BCUT2D eigenvalue weighted by atomic mass is 10.0. The zero-order valence-electron chi connectivity index (χ0n) is 14.8. The third kappa shape index (κ3) is 3.17. The molecule has 0 bridgehead atoms. The number of aromatic nitrogens is 2. The molecular formula is C21H22ClN3O. The average Bonchev–Trinajstić information content (AvgIpc) is 2.85. The van der Waals surface area contributed by atoms with Crippen LogP contribution in [-0.2, 0) is 6.42 Å². The quantitative estimate of drug-likeness (QED) is 0.676. The molecule has 2 heterocycles. The van der Waals surface area contributed by atoms with Crippen molar-refractivity contribution in [2.75, 3.05) is 18.5 Å². The van der Waals surface area contributed by atoms with Crippen LogP contribution in [0.25, 0.3) is 16.9 Å². The first-order chi connectivity index (χ1) is 12.8. The Labute approximate surface area is 158 Å². The number of nitrogens with zero attached hydrogens (tertiary/aromatic N) is 2. The molecule has 0 saturated carbocycles. The number of fused-ring (bicyclic) bond motifs is 1. The van der Waals surface area contributed by atoms with E-state index in [9.17, 15) is 0 Å². The molecule has 0 aliphatic carbocycles. The van der Waals surface area contributed by atoms with Gasteiger partial charge in [0.2, 0.25) is 0 Å². The predicted molar refractivity (Wildman–Crippen MR) is 107 cm³/mol. The number of para-hydroxylation sites is 2. The monoisotopic (exact) mass is 367 g/mol. The number of rotatable bonds is 4. The Morgan fingerprint density at radius 2 is 1.92 bits per heavy atom. The Kier molecular flexibility index (Phi) is 4.85. The Balaban J connectivity index is 1.89. The van der Waals surface area contributed by atoms with Gasteiger partial charge in [-0.05, 0) is 50.5 Å². The molecule has 1 N–H and O–H groups in total. The molecular weight excluding hydrogens is 346 g/mol. The second-order valence-corrected chi connectivity index (χ2v) is 6.82. The molecule has 0 radical (unpaired) electrons. The van der Waals surface area contributed by atoms with E-state index >= 15 is 0 Å². The lowest BCUT2D eigenvalue weighted by Gasteiger charge is -2.13. The number of ether oxygens (including phenoxy) is 1. The molecule has 0 unspecified atom stereocenters. The highest BCUT2D eigenvalue weighted by molar-refractivity contribution is 6.30. The fourth-order valence-corrected chi connectivity index (χ4v) is 3.55. The normalized spacial score (nSPS) is 13.6. The van der Waals surface area contributed by atoms with E-state index in [1.165, 1.54) is 5.56 Å². The first-order valence-corrected chi connectivity index (χ1v) is 9.49. The summed E-state index contributed by atoms with van der Waals surface area (Å²) in [5, 5.41) is 9.29. The summed E-state index contributed by atoms with van der Waals surface area (Å²) >= 11 is 6.07. The number of hydrogen-bond acceptors (Lipinski definition) is 3. The summed E-state index contributed by atoms with van der Waals surface area (Å²) in [4.78, 5) is 0. The zero-order chi connectivity index (χ0) is 17.9. The topological polar surface area (TPSA) is 39.1 Å². The predicted octanol–water partition coefficient (Wildman–Crippen LogP) is 5.34. The fourth-order valence-electron chi connectivity index (χ4n) is 3.43. The molecule has 5 heteroatoms. The molecule has 0 fully saturated rings. The summed E-state index contributed by atoms with van der Waals surface area (Å²) in [5.74, 6) is 1.91. The van der Waals surface area contributed by atoms with Crippen LogP contribution in [0.15, 0.2) is 48.5 Å². The summed E-state index contributed by atoms with van der Waals surface area (Å²) in [6.45, 7) is 3.57. The first-order valence-electron chi connectivity index (χ1n) is 9.12. The van der Waals surface area contributed by atoms with Gasteiger partial charge in [0.25, 0.3) is 0 Å². The van der Waals surface area contributed by atoms with E-state index in [4.69, 9.17) is 21.4 Å². The lowest BCUT2D eigenvalue weighted by Crippen LogP contribution is -2.08. The molecule has 0 spiro atoms. The van der Waals surface area contributed by atoms with Gasteiger partial charge in [-0.25, -0.2) is 4.68 Å². The van der Waals surface area contributed by atoms with Crippen LogP contribution in [0.5, 0.6) is 5.75 Å². The van der Waals surface area contributed by atoms with Crippen molar-refractivity contribution in [1.29, 1.82) is 0 Å². The fraction of sp³-hybridized carbons (Fsp3) is 0.286. The first kappa shape index (κ1) is 17.0. The molecule has 26 heavy (non-hydrogen) atoms. The summed E-state index contributed by atoms with van der Waals surface area (Å²) in [5.41, 5.74) is 4.32. The number of hydrogen-bond donors (Lipinski definition) is 1. The molecule has 134 valence electrons. The van der Waals surface area contributed by atoms with Crippen LogP contribution in [-0.4, -0.2) is 22.9 Å². The Morgan fingerprint density at radius 1 is 1.12 bits per heavy atom. The molecule has 0 amide bonds. The van der Waals surface area contributed by atoms with E-state index < -0.39 is 0 Å². The summed E-state index contributed by atoms with van der Waals surface area (Å²) in [6.07, 6.45) is 3.32. The van der Waals surface area contributed by atoms with Gasteiger partial charge < -0.3 is 10.1 Å². The van der Waals surface area contributed by atoms with Gasteiger partial charge in [-0.2, -0.15) is 5.10 Å². The summed E-state index contributed by atoms with van der Waals surface area (Å²) < 4.78 is 7.83. The van der Waals surface area contributed by atoms with Crippen molar-refractivity contribution in [3.63, 3.8) is 0 Å². The van der Waals surface area contributed by atoms with Gasteiger partial charge in [-0.3, -0.25) is 0 Å². The Bertz CT molecular complexity index is 902. The molecule has 0 atom stereocenters. The van der Waals surface area contributed by atoms with Gasteiger partial charge in [0.15, 0.2) is 0 Å². The largest absolute Gasteiger partial charge is 0.492 e. The van der Waals surface area contributed by atoms with Crippen LogP contribution < -0.4 is 10.1 Å². The van der Waals surface area contributed by atoms with E-state index in [2.05, 4.69) is 11.4 Å². The van der Waals surface area contributed by atoms with Gasteiger partial charge >= 0.3 is 0 Å². The highest BCUT2D eigenvalue weighted by Gasteiger charge is 2.23. The highest BCUT2D eigenvalue weighted by atomic mass is 35.5. The molecule has 1 aliphatic heterocycles. The average molecular weight is 368 g/mol. The molecule has 0 saturated heterocycles.